The molecule has 0 aromatic carbocycles. The quantitative estimate of drug-likeness (QED) is 0.528. The molecule has 134 valence electrons. The zero-order chi connectivity index (χ0) is 16.7. The van der Waals surface area contributed by atoms with Crippen molar-refractivity contribution in [2.75, 3.05) is 26.4 Å². The summed E-state index contributed by atoms with van der Waals surface area (Å²) in [6.45, 7) is 9.26. The lowest BCUT2D eigenvalue weighted by Crippen LogP contribution is -2.25. The topological polar surface area (TPSA) is 48.1 Å². The molecule has 2 saturated heterocycles. The number of rotatable bonds is 7. The minimum atomic E-state index is 0.201. The van der Waals surface area contributed by atoms with Gasteiger partial charge >= 0.3 is 0 Å². The molecule has 2 heterocycles. The molecule has 0 aromatic rings. The Labute approximate surface area is 141 Å². The van der Waals surface area contributed by atoms with E-state index in [1.54, 1.807) is 0 Å². The smallest absolute Gasteiger partial charge is 0.136 e. The van der Waals surface area contributed by atoms with Gasteiger partial charge in [-0.25, -0.2) is 0 Å². The Hall–Kier alpha value is -0.450. The van der Waals surface area contributed by atoms with Gasteiger partial charge in [-0.15, -0.1) is 0 Å². The number of ketones is 1. The van der Waals surface area contributed by atoms with Gasteiger partial charge in [0.1, 0.15) is 5.78 Å². The van der Waals surface area contributed by atoms with Crippen molar-refractivity contribution in [3.05, 3.63) is 0 Å². The Morgan fingerprint density at radius 3 is 2.65 bits per heavy atom. The molecule has 0 amide bonds. The predicted octanol–water partition coefficient (Wildman–Crippen LogP) is 3.76. The number of hydrogen-bond donors (Lipinski definition) is 0. The molecule has 4 nitrogen and oxygen atoms in total. The fraction of sp³-hybridized carbons (Fsp3) is 0.947. The Bertz CT molecular complexity index is 364. The van der Waals surface area contributed by atoms with E-state index >= 15 is 0 Å². The van der Waals surface area contributed by atoms with Crippen LogP contribution in [0.2, 0.25) is 0 Å². The second kappa shape index (κ2) is 9.14. The van der Waals surface area contributed by atoms with Crippen molar-refractivity contribution in [1.82, 2.24) is 0 Å². The summed E-state index contributed by atoms with van der Waals surface area (Å²) in [5.74, 6) is 1.29. The average molecular weight is 326 g/mol. The molecule has 3 aliphatic rings. The number of ether oxygens (including phenoxy) is 3. The van der Waals surface area contributed by atoms with Crippen LogP contribution in [0.3, 0.4) is 0 Å². The van der Waals surface area contributed by atoms with Crippen molar-refractivity contribution in [3.8, 4) is 0 Å². The van der Waals surface area contributed by atoms with E-state index in [0.717, 1.165) is 45.5 Å². The summed E-state index contributed by atoms with van der Waals surface area (Å²) in [5, 5.41) is 0. The zero-order valence-electron chi connectivity index (χ0n) is 15.1. The van der Waals surface area contributed by atoms with E-state index in [4.69, 9.17) is 14.2 Å². The maximum Gasteiger partial charge on any atom is 0.136 e. The number of fused-ring (bicyclic) bond motifs is 1. The largest absolute Gasteiger partial charge is 0.381 e. The van der Waals surface area contributed by atoms with Crippen molar-refractivity contribution in [2.24, 2.45) is 11.8 Å². The monoisotopic (exact) mass is 326 g/mol. The summed E-state index contributed by atoms with van der Waals surface area (Å²) in [5.41, 5.74) is 0.201. The van der Waals surface area contributed by atoms with Crippen molar-refractivity contribution in [3.63, 3.8) is 0 Å². The number of epoxide rings is 1. The third kappa shape index (κ3) is 5.54. The number of Topliss-reactive ketones (excluding diaryl/α,β-unsaturated/α-hetero) is 1. The van der Waals surface area contributed by atoms with E-state index in [-0.39, 0.29) is 11.5 Å². The van der Waals surface area contributed by atoms with Crippen LogP contribution in [0, 0.1) is 11.8 Å². The van der Waals surface area contributed by atoms with Crippen LogP contribution in [0.15, 0.2) is 0 Å². The molecule has 3 fully saturated rings. The van der Waals surface area contributed by atoms with Crippen LogP contribution in [-0.2, 0) is 19.0 Å². The first-order chi connectivity index (χ1) is 11.2. The lowest BCUT2D eigenvalue weighted by atomic mass is 9.83. The molecule has 3 atom stereocenters. The van der Waals surface area contributed by atoms with Crippen LogP contribution in [0.1, 0.15) is 65.7 Å². The average Bonchev–Trinajstić information content (AvgIpc) is 3.27. The van der Waals surface area contributed by atoms with Crippen LogP contribution in [-0.4, -0.2) is 43.9 Å². The molecule has 3 unspecified atom stereocenters. The Morgan fingerprint density at radius 2 is 1.96 bits per heavy atom. The number of carbonyl (C=O) groups excluding carboxylic acids is 1. The van der Waals surface area contributed by atoms with Gasteiger partial charge in [-0.3, -0.25) is 4.79 Å². The van der Waals surface area contributed by atoms with Crippen LogP contribution >= 0.6 is 0 Å². The summed E-state index contributed by atoms with van der Waals surface area (Å²) in [6, 6.07) is 0. The Kier molecular flexibility index (Phi) is 7.51. The lowest BCUT2D eigenvalue weighted by Gasteiger charge is -2.22. The molecule has 0 spiro atoms. The SMILES string of the molecule is CC.CC12CCC(COCCCC(=O)C3CCOCC3)CC1O2. The van der Waals surface area contributed by atoms with E-state index in [1.807, 2.05) is 13.8 Å². The highest BCUT2D eigenvalue weighted by Gasteiger charge is 2.55. The molecule has 1 saturated carbocycles. The van der Waals surface area contributed by atoms with E-state index < -0.39 is 0 Å². The molecule has 4 heteroatoms. The van der Waals surface area contributed by atoms with Gasteiger partial charge in [-0.1, -0.05) is 13.8 Å². The fourth-order valence-corrected chi connectivity index (χ4v) is 3.69. The molecular formula is C19H34O4. The first-order valence-corrected chi connectivity index (χ1v) is 9.53. The second-order valence-electron chi connectivity index (χ2n) is 7.09. The normalized spacial score (nSPS) is 33.3. The van der Waals surface area contributed by atoms with Gasteiger partial charge in [0, 0.05) is 38.8 Å². The minimum absolute atomic E-state index is 0.201. The van der Waals surface area contributed by atoms with E-state index in [2.05, 4.69) is 6.92 Å². The lowest BCUT2D eigenvalue weighted by molar-refractivity contribution is -0.126. The van der Waals surface area contributed by atoms with Gasteiger partial charge < -0.3 is 14.2 Å². The Morgan fingerprint density at radius 1 is 1.22 bits per heavy atom. The first-order valence-electron chi connectivity index (χ1n) is 9.53. The van der Waals surface area contributed by atoms with Gasteiger partial charge in [-0.05, 0) is 51.4 Å². The molecule has 23 heavy (non-hydrogen) atoms. The van der Waals surface area contributed by atoms with Crippen LogP contribution in [0.25, 0.3) is 0 Å². The van der Waals surface area contributed by atoms with E-state index in [0.29, 0.717) is 30.8 Å². The predicted molar refractivity (Wildman–Crippen MR) is 90.6 cm³/mol. The van der Waals surface area contributed by atoms with Gasteiger partial charge in [0.2, 0.25) is 0 Å². The van der Waals surface area contributed by atoms with Crippen molar-refractivity contribution < 1.29 is 19.0 Å². The standard InChI is InChI=1S/C17H28O4.C2H6/c1-17-7-4-13(11-16(17)21-17)12-20-8-2-3-15(18)14-5-9-19-10-6-14;1-2/h13-14,16H,2-12H2,1H3;1-2H3. The summed E-state index contributed by atoms with van der Waals surface area (Å²) in [7, 11) is 0. The summed E-state index contributed by atoms with van der Waals surface area (Å²) in [4.78, 5) is 12.0. The van der Waals surface area contributed by atoms with Crippen molar-refractivity contribution in [1.29, 1.82) is 0 Å². The fourth-order valence-electron chi connectivity index (χ4n) is 3.69. The second-order valence-corrected chi connectivity index (χ2v) is 7.09. The molecule has 3 rings (SSSR count). The van der Waals surface area contributed by atoms with Crippen molar-refractivity contribution >= 4 is 5.78 Å². The number of carbonyl (C=O) groups is 1. The van der Waals surface area contributed by atoms with Gasteiger partial charge in [0.15, 0.2) is 0 Å². The third-order valence-electron chi connectivity index (χ3n) is 5.37. The summed E-state index contributed by atoms with van der Waals surface area (Å²) < 4.78 is 16.8. The molecule has 1 aliphatic carbocycles. The molecule has 0 N–H and O–H groups in total. The molecule has 0 bridgehead atoms. The van der Waals surface area contributed by atoms with E-state index in [1.165, 1.54) is 12.8 Å². The first kappa shape index (κ1) is 18.9. The van der Waals surface area contributed by atoms with Gasteiger partial charge in [-0.2, -0.15) is 0 Å². The zero-order valence-corrected chi connectivity index (χ0v) is 15.1. The van der Waals surface area contributed by atoms with Gasteiger partial charge in [0.25, 0.3) is 0 Å². The molecule has 0 radical (unpaired) electrons. The molecule has 0 aromatic heterocycles. The maximum atomic E-state index is 12.0. The highest BCUT2D eigenvalue weighted by Crippen LogP contribution is 2.49. The van der Waals surface area contributed by atoms with Crippen LogP contribution in [0.4, 0.5) is 0 Å². The van der Waals surface area contributed by atoms with Crippen molar-refractivity contribution in [2.45, 2.75) is 77.4 Å². The molecular weight excluding hydrogens is 292 g/mol. The third-order valence-corrected chi connectivity index (χ3v) is 5.37. The highest BCUT2D eigenvalue weighted by molar-refractivity contribution is 5.81. The molecule has 2 aliphatic heterocycles. The van der Waals surface area contributed by atoms with Gasteiger partial charge in [0.05, 0.1) is 11.7 Å². The maximum absolute atomic E-state index is 12.0. The minimum Gasteiger partial charge on any atom is -0.381 e. The van der Waals surface area contributed by atoms with Crippen LogP contribution < -0.4 is 0 Å². The Balaban J connectivity index is 0.000000924. The van der Waals surface area contributed by atoms with Crippen LogP contribution in [0.5, 0.6) is 0 Å². The van der Waals surface area contributed by atoms with E-state index in [9.17, 15) is 4.79 Å². The highest BCUT2D eigenvalue weighted by atomic mass is 16.6. The summed E-state index contributed by atoms with van der Waals surface area (Å²) in [6.07, 6.45) is 7.36. The summed E-state index contributed by atoms with van der Waals surface area (Å²) >= 11 is 0. The number of hydrogen-bond acceptors (Lipinski definition) is 4.